The molecule has 2 radical (unpaired) electrons. The molecule has 2 nitrogen and oxygen atoms in total. The summed E-state index contributed by atoms with van der Waals surface area (Å²) in [7, 11) is 0. The number of hydrogen-bond donors (Lipinski definition) is 1. The van der Waals surface area contributed by atoms with Gasteiger partial charge in [-0.3, -0.25) is 4.79 Å². The molecule has 0 saturated heterocycles. The molecular formula is C11H16MgO2. The third kappa shape index (κ3) is 1.40. The van der Waals surface area contributed by atoms with Crippen molar-refractivity contribution in [3.63, 3.8) is 0 Å². The van der Waals surface area contributed by atoms with Crippen molar-refractivity contribution in [1.82, 2.24) is 0 Å². The van der Waals surface area contributed by atoms with Crippen molar-refractivity contribution in [2.45, 2.75) is 38.5 Å². The van der Waals surface area contributed by atoms with E-state index in [0.717, 1.165) is 37.0 Å². The molecule has 0 aromatic rings. The van der Waals surface area contributed by atoms with Gasteiger partial charge in [-0.15, -0.1) is 0 Å². The van der Waals surface area contributed by atoms with E-state index in [0.29, 0.717) is 0 Å². The van der Waals surface area contributed by atoms with Gasteiger partial charge in [-0.25, -0.2) is 0 Å². The monoisotopic (exact) mass is 204 g/mol. The first kappa shape index (κ1) is 10.7. The molecule has 4 aliphatic rings. The fraction of sp³-hybridized carbons (Fsp3) is 0.909. The Balaban J connectivity index is 0.000000750. The summed E-state index contributed by atoms with van der Waals surface area (Å²) in [6.07, 6.45) is 6.92. The van der Waals surface area contributed by atoms with Crippen LogP contribution in [0.15, 0.2) is 0 Å². The molecule has 74 valence electrons. The average Bonchev–Trinajstić information content (AvgIpc) is 2.00. The van der Waals surface area contributed by atoms with Gasteiger partial charge in [-0.1, -0.05) is 0 Å². The largest absolute Gasteiger partial charge is 0.481 e. The zero-order chi connectivity index (χ0) is 9.05. The molecule has 0 spiro atoms. The van der Waals surface area contributed by atoms with Crippen LogP contribution >= 0.6 is 0 Å². The summed E-state index contributed by atoms with van der Waals surface area (Å²) in [4.78, 5) is 11.3. The molecule has 4 fully saturated rings. The molecule has 3 heteroatoms. The van der Waals surface area contributed by atoms with E-state index >= 15 is 0 Å². The summed E-state index contributed by atoms with van der Waals surface area (Å²) in [5.74, 6) is 1.75. The van der Waals surface area contributed by atoms with Gasteiger partial charge in [0.1, 0.15) is 0 Å². The van der Waals surface area contributed by atoms with Gasteiger partial charge in [0.05, 0.1) is 5.41 Å². The minimum absolute atomic E-state index is 0. The number of hydrogen-bond acceptors (Lipinski definition) is 1. The van der Waals surface area contributed by atoms with Crippen LogP contribution in [-0.2, 0) is 4.79 Å². The minimum atomic E-state index is -0.508. The third-order valence-electron chi connectivity index (χ3n) is 4.49. The lowest BCUT2D eigenvalue weighted by Crippen LogP contribution is -2.49. The number of carbonyl (C=O) groups is 1. The molecule has 4 rings (SSSR count). The number of aliphatic carboxylic acids is 1. The van der Waals surface area contributed by atoms with Crippen LogP contribution in [0, 0.1) is 23.2 Å². The smallest absolute Gasteiger partial charge is 0.309 e. The summed E-state index contributed by atoms with van der Waals surface area (Å²) in [5.41, 5.74) is -0.283. The highest BCUT2D eigenvalue weighted by atomic mass is 24.3. The number of rotatable bonds is 1. The Morgan fingerprint density at radius 2 is 1.36 bits per heavy atom. The first-order valence-corrected chi connectivity index (χ1v) is 5.41. The molecule has 0 amide bonds. The lowest BCUT2D eigenvalue weighted by atomic mass is 9.49. The highest BCUT2D eigenvalue weighted by Gasteiger charge is 2.54. The maximum Gasteiger partial charge on any atom is 0.309 e. The summed E-state index contributed by atoms with van der Waals surface area (Å²) >= 11 is 0. The third-order valence-corrected chi connectivity index (χ3v) is 4.49. The first-order valence-electron chi connectivity index (χ1n) is 5.41. The van der Waals surface area contributed by atoms with Crippen molar-refractivity contribution in [2.24, 2.45) is 23.2 Å². The standard InChI is InChI=1S/C11H16O2.Mg/c12-10(13)11-4-7-1-8(5-11)3-9(2-7)6-11;/h7-9H,1-6H2,(H,12,13);. The lowest BCUT2D eigenvalue weighted by molar-refractivity contribution is -0.164. The summed E-state index contributed by atoms with van der Waals surface area (Å²) < 4.78 is 0. The molecule has 1 N–H and O–H groups in total. The van der Waals surface area contributed by atoms with E-state index in [1.165, 1.54) is 19.3 Å². The topological polar surface area (TPSA) is 37.3 Å². The van der Waals surface area contributed by atoms with E-state index in [4.69, 9.17) is 0 Å². The fourth-order valence-corrected chi connectivity index (χ4v) is 4.37. The van der Waals surface area contributed by atoms with E-state index < -0.39 is 5.97 Å². The van der Waals surface area contributed by atoms with E-state index in [2.05, 4.69) is 0 Å². The van der Waals surface area contributed by atoms with Gasteiger partial charge in [-0.05, 0) is 56.3 Å². The molecular weight excluding hydrogens is 188 g/mol. The van der Waals surface area contributed by atoms with Crippen LogP contribution in [0.25, 0.3) is 0 Å². The number of carboxylic acid groups (broad SMARTS) is 1. The molecule has 0 atom stereocenters. The summed E-state index contributed by atoms with van der Waals surface area (Å²) in [6, 6.07) is 0. The Kier molecular flexibility index (Phi) is 2.59. The van der Waals surface area contributed by atoms with Crippen LogP contribution in [0.5, 0.6) is 0 Å². The van der Waals surface area contributed by atoms with Crippen LogP contribution < -0.4 is 0 Å². The highest BCUT2D eigenvalue weighted by molar-refractivity contribution is 5.75. The quantitative estimate of drug-likeness (QED) is 0.663. The maximum atomic E-state index is 11.3. The minimum Gasteiger partial charge on any atom is -0.481 e. The second-order valence-corrected chi connectivity index (χ2v) is 5.50. The van der Waals surface area contributed by atoms with Crippen molar-refractivity contribution in [3.8, 4) is 0 Å². The van der Waals surface area contributed by atoms with Gasteiger partial charge in [0.15, 0.2) is 0 Å². The van der Waals surface area contributed by atoms with Crippen molar-refractivity contribution < 1.29 is 9.90 Å². The maximum absolute atomic E-state index is 11.3. The van der Waals surface area contributed by atoms with Crippen LogP contribution in [-0.4, -0.2) is 34.1 Å². The molecule has 4 aliphatic carbocycles. The highest BCUT2D eigenvalue weighted by Crippen LogP contribution is 2.59. The second kappa shape index (κ2) is 3.37. The second-order valence-electron chi connectivity index (χ2n) is 5.50. The van der Waals surface area contributed by atoms with Gasteiger partial charge < -0.3 is 5.11 Å². The van der Waals surface area contributed by atoms with Crippen molar-refractivity contribution in [1.29, 1.82) is 0 Å². The van der Waals surface area contributed by atoms with Crippen molar-refractivity contribution >= 4 is 29.0 Å². The van der Waals surface area contributed by atoms with E-state index in [-0.39, 0.29) is 28.5 Å². The van der Waals surface area contributed by atoms with Crippen LogP contribution in [0.4, 0.5) is 0 Å². The molecule has 0 aromatic heterocycles. The van der Waals surface area contributed by atoms with E-state index in [1.807, 2.05) is 0 Å². The molecule has 4 bridgehead atoms. The predicted octanol–water partition coefficient (Wildman–Crippen LogP) is 1.91. The van der Waals surface area contributed by atoms with Crippen LogP contribution in [0.3, 0.4) is 0 Å². The van der Waals surface area contributed by atoms with Crippen LogP contribution in [0.2, 0.25) is 0 Å². The normalized spacial score (nSPS) is 48.7. The van der Waals surface area contributed by atoms with E-state index in [9.17, 15) is 9.90 Å². The van der Waals surface area contributed by atoms with Gasteiger partial charge in [0.25, 0.3) is 0 Å². The van der Waals surface area contributed by atoms with Gasteiger partial charge >= 0.3 is 5.97 Å². The molecule has 0 aliphatic heterocycles. The van der Waals surface area contributed by atoms with Crippen LogP contribution in [0.1, 0.15) is 38.5 Å². The summed E-state index contributed by atoms with van der Waals surface area (Å²) in [5, 5.41) is 9.28. The first-order chi connectivity index (χ1) is 6.18. The van der Waals surface area contributed by atoms with Gasteiger partial charge in [0.2, 0.25) is 0 Å². The summed E-state index contributed by atoms with van der Waals surface area (Å²) in [6.45, 7) is 0. The zero-order valence-electron chi connectivity index (χ0n) is 8.54. The molecule has 0 unspecified atom stereocenters. The molecule has 4 saturated carbocycles. The lowest BCUT2D eigenvalue weighted by Gasteiger charge is -2.54. The molecule has 0 heterocycles. The van der Waals surface area contributed by atoms with Gasteiger partial charge in [0, 0.05) is 23.1 Å². The Bertz CT molecular complexity index is 227. The van der Waals surface area contributed by atoms with Crippen molar-refractivity contribution in [2.75, 3.05) is 0 Å². The molecule has 14 heavy (non-hydrogen) atoms. The number of carboxylic acids is 1. The Labute approximate surface area is 101 Å². The fourth-order valence-electron chi connectivity index (χ4n) is 4.37. The average molecular weight is 205 g/mol. The Morgan fingerprint density at radius 1 is 1.00 bits per heavy atom. The Morgan fingerprint density at radius 3 is 1.64 bits per heavy atom. The molecule has 0 aromatic carbocycles. The predicted molar refractivity (Wildman–Crippen MR) is 54.0 cm³/mol. The van der Waals surface area contributed by atoms with Crippen molar-refractivity contribution in [3.05, 3.63) is 0 Å². The SMILES string of the molecule is O=C(O)C12CC3CC(CC(C3)C1)C2.[Mg]. The van der Waals surface area contributed by atoms with Gasteiger partial charge in [-0.2, -0.15) is 0 Å². The zero-order valence-corrected chi connectivity index (χ0v) is 9.95. The Hall–Kier alpha value is 0.236. The van der Waals surface area contributed by atoms with E-state index in [1.54, 1.807) is 0 Å².